The molecular weight excluding hydrogens is 260 g/mol. The van der Waals surface area contributed by atoms with E-state index in [-0.39, 0.29) is 5.69 Å². The van der Waals surface area contributed by atoms with Crippen molar-refractivity contribution in [3.8, 4) is 0 Å². The van der Waals surface area contributed by atoms with Crippen molar-refractivity contribution < 1.29 is 4.92 Å². The van der Waals surface area contributed by atoms with E-state index < -0.39 is 4.92 Å². The highest BCUT2D eigenvalue weighted by Crippen LogP contribution is 2.28. The largest absolute Gasteiger partial charge is 0.359 e. The van der Waals surface area contributed by atoms with Crippen LogP contribution in [-0.2, 0) is 20.0 Å². The number of anilines is 1. The minimum atomic E-state index is -0.408. The van der Waals surface area contributed by atoms with Crippen LogP contribution in [0.15, 0.2) is 12.4 Å². The summed E-state index contributed by atoms with van der Waals surface area (Å²) >= 11 is 0. The molecule has 0 aromatic carbocycles. The zero-order chi connectivity index (χ0) is 14.7. The highest BCUT2D eigenvalue weighted by molar-refractivity contribution is 5.59. The molecule has 2 heterocycles. The lowest BCUT2D eigenvalue weighted by molar-refractivity contribution is -0.384. The number of hydrogen-bond donors (Lipinski definition) is 1. The van der Waals surface area contributed by atoms with E-state index in [2.05, 4.69) is 20.4 Å². The number of nitro groups is 1. The van der Waals surface area contributed by atoms with Crippen molar-refractivity contribution in [2.75, 3.05) is 5.32 Å². The van der Waals surface area contributed by atoms with Crippen LogP contribution >= 0.6 is 0 Å². The van der Waals surface area contributed by atoms with Crippen LogP contribution in [0, 0.1) is 17.0 Å². The van der Waals surface area contributed by atoms with E-state index in [1.54, 1.807) is 19.4 Å². The molecule has 8 nitrogen and oxygen atoms in total. The first-order valence-corrected chi connectivity index (χ1v) is 6.24. The smallest absolute Gasteiger partial charge is 0.333 e. The normalized spacial score (nSPS) is 10.6. The maximum Gasteiger partial charge on any atom is 0.333 e. The third kappa shape index (κ3) is 2.73. The molecule has 0 fully saturated rings. The van der Waals surface area contributed by atoms with Gasteiger partial charge >= 0.3 is 5.69 Å². The summed E-state index contributed by atoms with van der Waals surface area (Å²) in [7, 11) is 1.68. The summed E-state index contributed by atoms with van der Waals surface area (Å²) < 4.78 is 1.48. The Morgan fingerprint density at radius 1 is 1.40 bits per heavy atom. The Balaban J connectivity index is 2.22. The van der Waals surface area contributed by atoms with Crippen molar-refractivity contribution in [2.24, 2.45) is 7.05 Å². The fourth-order valence-corrected chi connectivity index (χ4v) is 1.88. The summed E-state index contributed by atoms with van der Waals surface area (Å²) in [6, 6.07) is 0. The van der Waals surface area contributed by atoms with Crippen LogP contribution in [-0.4, -0.2) is 24.7 Å². The molecule has 0 bridgehead atoms. The van der Waals surface area contributed by atoms with Crippen LogP contribution in [0.5, 0.6) is 0 Å². The maximum atomic E-state index is 11.2. The lowest BCUT2D eigenvalue weighted by Gasteiger charge is -2.05. The Morgan fingerprint density at radius 2 is 2.15 bits per heavy atom. The summed E-state index contributed by atoms with van der Waals surface area (Å²) in [4.78, 5) is 19.1. The first-order valence-electron chi connectivity index (χ1n) is 6.24. The number of aromatic nitrogens is 4. The molecule has 2 aromatic rings. The van der Waals surface area contributed by atoms with Crippen molar-refractivity contribution >= 4 is 11.5 Å². The van der Waals surface area contributed by atoms with Gasteiger partial charge in [0.15, 0.2) is 0 Å². The highest BCUT2D eigenvalue weighted by Gasteiger charge is 2.25. The molecule has 0 unspecified atom stereocenters. The molecule has 1 N–H and O–H groups in total. The Labute approximate surface area is 116 Å². The Morgan fingerprint density at radius 3 is 2.70 bits per heavy atom. The first-order chi connectivity index (χ1) is 9.52. The minimum absolute atomic E-state index is 0.0232. The molecule has 0 radical (unpaired) electrons. The van der Waals surface area contributed by atoms with Crippen LogP contribution in [0.4, 0.5) is 11.5 Å². The van der Waals surface area contributed by atoms with Gasteiger partial charge in [0.25, 0.3) is 0 Å². The Kier molecular flexibility index (Phi) is 3.92. The summed E-state index contributed by atoms with van der Waals surface area (Å²) in [6.45, 7) is 4.05. The molecule has 0 amide bonds. The molecular formula is C12H16N6O2. The fourth-order valence-electron chi connectivity index (χ4n) is 1.88. The van der Waals surface area contributed by atoms with Crippen molar-refractivity contribution in [3.63, 3.8) is 0 Å². The zero-order valence-electron chi connectivity index (χ0n) is 11.6. The van der Waals surface area contributed by atoms with Crippen LogP contribution in [0.25, 0.3) is 0 Å². The number of hydrogen-bond acceptors (Lipinski definition) is 6. The summed E-state index contributed by atoms with van der Waals surface area (Å²) in [6.07, 6.45) is 3.81. The average Bonchev–Trinajstić information content (AvgIpc) is 2.74. The standard InChI is InChI=1S/C12H16N6O2/c1-4-10-11(18(19)20)12(17(3)16-10)15-7-9-6-13-8(2)5-14-9/h5-6,15H,4,7H2,1-3H3. The van der Waals surface area contributed by atoms with Gasteiger partial charge in [0, 0.05) is 13.2 Å². The van der Waals surface area contributed by atoms with Gasteiger partial charge in [-0.15, -0.1) is 0 Å². The van der Waals surface area contributed by atoms with Gasteiger partial charge in [-0.05, 0) is 13.3 Å². The van der Waals surface area contributed by atoms with E-state index >= 15 is 0 Å². The van der Waals surface area contributed by atoms with E-state index in [1.165, 1.54) is 4.68 Å². The van der Waals surface area contributed by atoms with E-state index in [1.807, 2.05) is 13.8 Å². The summed E-state index contributed by atoms with van der Waals surface area (Å²) in [5.74, 6) is 0.384. The second-order valence-corrected chi connectivity index (χ2v) is 4.38. The summed E-state index contributed by atoms with van der Waals surface area (Å²) in [5, 5.41) is 18.3. The quantitative estimate of drug-likeness (QED) is 0.657. The topological polar surface area (TPSA) is 98.8 Å². The molecule has 0 saturated carbocycles. The van der Waals surface area contributed by atoms with Gasteiger partial charge in [0.2, 0.25) is 5.82 Å². The highest BCUT2D eigenvalue weighted by atomic mass is 16.6. The van der Waals surface area contributed by atoms with E-state index in [4.69, 9.17) is 0 Å². The van der Waals surface area contributed by atoms with Crippen LogP contribution in [0.2, 0.25) is 0 Å². The monoisotopic (exact) mass is 276 g/mol. The molecule has 0 aliphatic heterocycles. The molecule has 20 heavy (non-hydrogen) atoms. The first kappa shape index (κ1) is 13.9. The van der Waals surface area contributed by atoms with E-state index in [9.17, 15) is 10.1 Å². The fraction of sp³-hybridized carbons (Fsp3) is 0.417. The molecule has 0 atom stereocenters. The van der Waals surface area contributed by atoms with Crippen molar-refractivity contribution in [3.05, 3.63) is 39.6 Å². The number of nitrogens with one attached hydrogen (secondary N) is 1. The molecule has 2 rings (SSSR count). The third-order valence-corrected chi connectivity index (χ3v) is 2.88. The second-order valence-electron chi connectivity index (χ2n) is 4.38. The molecule has 0 aliphatic carbocycles. The second kappa shape index (κ2) is 5.64. The van der Waals surface area contributed by atoms with E-state index in [0.717, 1.165) is 5.69 Å². The third-order valence-electron chi connectivity index (χ3n) is 2.88. The lowest BCUT2D eigenvalue weighted by atomic mass is 10.3. The molecule has 0 aliphatic rings. The van der Waals surface area contributed by atoms with Crippen molar-refractivity contribution in [1.82, 2.24) is 19.7 Å². The van der Waals surface area contributed by atoms with Crippen molar-refractivity contribution in [2.45, 2.75) is 26.8 Å². The van der Waals surface area contributed by atoms with Gasteiger partial charge < -0.3 is 5.32 Å². The van der Waals surface area contributed by atoms with Gasteiger partial charge in [0.1, 0.15) is 5.69 Å². The van der Waals surface area contributed by atoms with Crippen LogP contribution < -0.4 is 5.32 Å². The van der Waals surface area contributed by atoms with Gasteiger partial charge in [0.05, 0.1) is 29.1 Å². The van der Waals surface area contributed by atoms with E-state index in [0.29, 0.717) is 30.2 Å². The van der Waals surface area contributed by atoms with Gasteiger partial charge in [-0.25, -0.2) is 4.68 Å². The molecule has 2 aromatic heterocycles. The lowest BCUT2D eigenvalue weighted by Crippen LogP contribution is -2.08. The number of nitrogens with zero attached hydrogens (tertiary/aromatic N) is 5. The van der Waals surface area contributed by atoms with Gasteiger partial charge in [-0.3, -0.25) is 20.1 Å². The van der Waals surface area contributed by atoms with Crippen molar-refractivity contribution in [1.29, 1.82) is 0 Å². The Hall–Kier alpha value is -2.51. The van der Waals surface area contributed by atoms with Crippen LogP contribution in [0.1, 0.15) is 24.0 Å². The molecule has 0 saturated heterocycles. The SMILES string of the molecule is CCc1nn(C)c(NCc2cnc(C)cn2)c1[N+](=O)[O-]. The molecule has 0 spiro atoms. The molecule has 8 heteroatoms. The summed E-state index contributed by atoms with van der Waals surface area (Å²) in [5.41, 5.74) is 2.03. The molecule has 106 valence electrons. The van der Waals surface area contributed by atoms with Gasteiger partial charge in [-0.2, -0.15) is 5.10 Å². The zero-order valence-corrected chi connectivity index (χ0v) is 11.6. The Bertz CT molecular complexity index is 620. The number of aryl methyl sites for hydroxylation is 3. The predicted octanol–water partition coefficient (Wildman–Crippen LogP) is 1.60. The average molecular weight is 276 g/mol. The predicted molar refractivity (Wildman–Crippen MR) is 73.3 cm³/mol. The minimum Gasteiger partial charge on any atom is -0.359 e. The van der Waals surface area contributed by atoms with Crippen LogP contribution in [0.3, 0.4) is 0 Å². The van der Waals surface area contributed by atoms with Gasteiger partial charge in [-0.1, -0.05) is 6.92 Å². The number of rotatable bonds is 5. The maximum absolute atomic E-state index is 11.2.